The Morgan fingerprint density at radius 3 is 2.76 bits per heavy atom. The van der Waals surface area contributed by atoms with Crippen LogP contribution >= 0.6 is 15.9 Å². The molecule has 3 nitrogen and oxygen atoms in total. The third kappa shape index (κ3) is 4.75. The summed E-state index contributed by atoms with van der Waals surface area (Å²) >= 11 is 3.39. The fourth-order valence-corrected chi connectivity index (χ4v) is 2.31. The molecule has 0 unspecified atom stereocenters. The van der Waals surface area contributed by atoms with Crippen molar-refractivity contribution in [1.29, 1.82) is 0 Å². The lowest BCUT2D eigenvalue weighted by molar-refractivity contribution is -0.115. The summed E-state index contributed by atoms with van der Waals surface area (Å²) in [6.07, 6.45) is 0.293. The Balaban J connectivity index is 2.09. The Hall–Kier alpha value is -2.09. The number of nitrogens with one attached hydrogen (secondary N) is 1. The third-order valence-corrected chi connectivity index (χ3v) is 3.25. The van der Waals surface area contributed by atoms with Crippen molar-refractivity contribution in [3.05, 3.63) is 64.1 Å². The van der Waals surface area contributed by atoms with Crippen LogP contribution in [0.5, 0.6) is 0 Å². The van der Waals surface area contributed by atoms with Gasteiger partial charge in [0.25, 0.3) is 0 Å². The van der Waals surface area contributed by atoms with E-state index in [4.69, 9.17) is 5.11 Å². The minimum absolute atomic E-state index is 0.105. The predicted molar refractivity (Wildman–Crippen MR) is 86.9 cm³/mol. The standard InChI is InChI=1S/C17H14BrNO2/c18-15-8-3-5-13(11-15)12-17(21)19-16-9-2-1-6-14(16)7-4-10-20/h1-3,5-6,8-9,11,20H,10,12H2,(H,19,21). The van der Waals surface area contributed by atoms with Gasteiger partial charge in [0, 0.05) is 10.0 Å². The van der Waals surface area contributed by atoms with Crippen LogP contribution in [0.25, 0.3) is 0 Å². The van der Waals surface area contributed by atoms with Gasteiger partial charge in [-0.15, -0.1) is 0 Å². The number of hydrogen-bond acceptors (Lipinski definition) is 2. The van der Waals surface area contributed by atoms with Crippen molar-refractivity contribution >= 4 is 27.5 Å². The highest BCUT2D eigenvalue weighted by Gasteiger charge is 2.06. The maximum atomic E-state index is 12.1. The zero-order valence-electron chi connectivity index (χ0n) is 11.3. The van der Waals surface area contributed by atoms with E-state index in [0.29, 0.717) is 17.7 Å². The van der Waals surface area contributed by atoms with E-state index < -0.39 is 0 Å². The van der Waals surface area contributed by atoms with Gasteiger partial charge in [-0.25, -0.2) is 0 Å². The van der Waals surface area contributed by atoms with Crippen molar-refractivity contribution in [3.8, 4) is 11.8 Å². The molecule has 2 rings (SSSR count). The zero-order valence-corrected chi connectivity index (χ0v) is 12.9. The number of carbonyl (C=O) groups is 1. The number of aliphatic hydroxyl groups excluding tert-OH is 1. The van der Waals surface area contributed by atoms with Crippen LogP contribution in [-0.4, -0.2) is 17.6 Å². The molecule has 2 aromatic rings. The molecule has 106 valence electrons. The number of anilines is 1. The van der Waals surface area contributed by atoms with Gasteiger partial charge in [-0.2, -0.15) is 0 Å². The summed E-state index contributed by atoms with van der Waals surface area (Å²) in [5, 5.41) is 11.6. The maximum Gasteiger partial charge on any atom is 0.228 e. The van der Waals surface area contributed by atoms with Crippen molar-refractivity contribution in [2.24, 2.45) is 0 Å². The molecule has 0 aliphatic carbocycles. The van der Waals surface area contributed by atoms with Crippen molar-refractivity contribution in [3.63, 3.8) is 0 Å². The molecular weight excluding hydrogens is 330 g/mol. The van der Waals surface area contributed by atoms with E-state index >= 15 is 0 Å². The summed E-state index contributed by atoms with van der Waals surface area (Å²) in [5.41, 5.74) is 2.27. The number of carbonyl (C=O) groups excluding carboxylic acids is 1. The first-order valence-corrected chi connectivity index (χ1v) is 7.21. The molecule has 0 saturated heterocycles. The van der Waals surface area contributed by atoms with Gasteiger partial charge in [-0.1, -0.05) is 52.0 Å². The second-order valence-electron chi connectivity index (χ2n) is 4.36. The summed E-state index contributed by atoms with van der Waals surface area (Å²) in [5.74, 6) is 5.30. The molecule has 0 heterocycles. The Morgan fingerprint density at radius 1 is 1.19 bits per heavy atom. The first kappa shape index (κ1) is 15.3. The highest BCUT2D eigenvalue weighted by atomic mass is 79.9. The minimum Gasteiger partial charge on any atom is -0.384 e. The van der Waals surface area contributed by atoms with E-state index in [1.807, 2.05) is 36.4 Å². The van der Waals surface area contributed by atoms with Gasteiger partial charge in [0.1, 0.15) is 6.61 Å². The molecule has 0 radical (unpaired) electrons. The van der Waals surface area contributed by atoms with Crippen molar-refractivity contribution in [2.75, 3.05) is 11.9 Å². The number of benzene rings is 2. The van der Waals surface area contributed by atoms with Crippen LogP contribution in [0.1, 0.15) is 11.1 Å². The molecule has 0 fully saturated rings. The molecule has 1 amide bonds. The van der Waals surface area contributed by atoms with E-state index in [-0.39, 0.29) is 12.5 Å². The van der Waals surface area contributed by atoms with E-state index in [1.165, 1.54) is 0 Å². The van der Waals surface area contributed by atoms with E-state index in [2.05, 4.69) is 33.1 Å². The number of rotatable bonds is 3. The lowest BCUT2D eigenvalue weighted by Gasteiger charge is -2.07. The summed E-state index contributed by atoms with van der Waals surface area (Å²) in [7, 11) is 0. The van der Waals surface area contributed by atoms with Gasteiger partial charge in [0.15, 0.2) is 0 Å². The highest BCUT2D eigenvalue weighted by molar-refractivity contribution is 9.10. The molecule has 0 aliphatic rings. The van der Waals surface area contributed by atoms with Crippen LogP contribution in [0.3, 0.4) is 0 Å². The summed E-state index contributed by atoms with van der Waals surface area (Å²) in [6.45, 7) is -0.208. The molecule has 0 bridgehead atoms. The Morgan fingerprint density at radius 2 is 2.00 bits per heavy atom. The summed E-state index contributed by atoms with van der Waals surface area (Å²) in [6, 6.07) is 14.9. The molecule has 21 heavy (non-hydrogen) atoms. The number of aliphatic hydroxyl groups is 1. The molecule has 0 atom stereocenters. The van der Waals surface area contributed by atoms with E-state index in [0.717, 1.165) is 10.0 Å². The Bertz CT molecular complexity index is 701. The van der Waals surface area contributed by atoms with Crippen LogP contribution in [0.15, 0.2) is 53.0 Å². The first-order valence-electron chi connectivity index (χ1n) is 6.42. The number of hydrogen-bond donors (Lipinski definition) is 2. The van der Waals surface area contributed by atoms with Gasteiger partial charge >= 0.3 is 0 Å². The fourth-order valence-electron chi connectivity index (χ4n) is 1.86. The predicted octanol–water partition coefficient (Wildman–Crippen LogP) is 2.97. The van der Waals surface area contributed by atoms with Gasteiger partial charge in [-0.05, 0) is 29.8 Å². The monoisotopic (exact) mass is 343 g/mol. The molecule has 0 aliphatic heterocycles. The lowest BCUT2D eigenvalue weighted by Crippen LogP contribution is -2.15. The van der Waals surface area contributed by atoms with Crippen molar-refractivity contribution in [1.82, 2.24) is 0 Å². The molecule has 0 saturated carbocycles. The average molecular weight is 344 g/mol. The fraction of sp³-hybridized carbons (Fsp3) is 0.118. The van der Waals surface area contributed by atoms with E-state index in [9.17, 15) is 4.79 Å². The summed E-state index contributed by atoms with van der Waals surface area (Å²) < 4.78 is 0.946. The van der Waals surface area contributed by atoms with Crippen LogP contribution in [0.2, 0.25) is 0 Å². The van der Waals surface area contributed by atoms with Gasteiger partial charge in [0.05, 0.1) is 12.1 Å². The van der Waals surface area contributed by atoms with Gasteiger partial charge in [0.2, 0.25) is 5.91 Å². The Kier molecular flexibility index (Phi) is 5.56. The zero-order chi connectivity index (χ0) is 15.1. The topological polar surface area (TPSA) is 49.3 Å². The molecule has 4 heteroatoms. The highest BCUT2D eigenvalue weighted by Crippen LogP contribution is 2.16. The third-order valence-electron chi connectivity index (χ3n) is 2.76. The minimum atomic E-state index is -0.208. The number of amides is 1. The molecule has 2 aromatic carbocycles. The molecular formula is C17H14BrNO2. The first-order chi connectivity index (χ1) is 10.2. The van der Waals surface area contributed by atoms with Crippen LogP contribution in [0.4, 0.5) is 5.69 Å². The normalized spacial score (nSPS) is 9.62. The van der Waals surface area contributed by atoms with Gasteiger partial charge < -0.3 is 10.4 Å². The molecule has 0 aromatic heterocycles. The van der Waals surface area contributed by atoms with Crippen molar-refractivity contribution in [2.45, 2.75) is 6.42 Å². The lowest BCUT2D eigenvalue weighted by atomic mass is 10.1. The summed E-state index contributed by atoms with van der Waals surface area (Å²) in [4.78, 5) is 12.1. The SMILES string of the molecule is O=C(Cc1cccc(Br)c1)Nc1ccccc1C#CCO. The second-order valence-corrected chi connectivity index (χ2v) is 5.28. The quantitative estimate of drug-likeness (QED) is 0.841. The maximum absolute atomic E-state index is 12.1. The van der Waals surface area contributed by atoms with Crippen LogP contribution < -0.4 is 5.32 Å². The smallest absolute Gasteiger partial charge is 0.228 e. The van der Waals surface area contributed by atoms with Crippen LogP contribution in [-0.2, 0) is 11.2 Å². The molecule has 0 spiro atoms. The Labute approximate surface area is 132 Å². The number of halogens is 1. The van der Waals surface area contributed by atoms with Crippen molar-refractivity contribution < 1.29 is 9.90 Å². The van der Waals surface area contributed by atoms with Gasteiger partial charge in [-0.3, -0.25) is 4.79 Å². The molecule has 2 N–H and O–H groups in total. The van der Waals surface area contributed by atoms with Crippen LogP contribution in [0, 0.1) is 11.8 Å². The average Bonchev–Trinajstić information content (AvgIpc) is 2.46. The second kappa shape index (κ2) is 7.63. The largest absolute Gasteiger partial charge is 0.384 e. The number of para-hydroxylation sites is 1. The van der Waals surface area contributed by atoms with E-state index in [1.54, 1.807) is 12.1 Å².